The Morgan fingerprint density at radius 1 is 1.27 bits per heavy atom. The normalized spacial score (nSPS) is 30.7. The first-order valence-corrected chi connectivity index (χ1v) is 8.12. The summed E-state index contributed by atoms with van der Waals surface area (Å²) in [5.41, 5.74) is 0.223. The van der Waals surface area contributed by atoms with Crippen molar-refractivity contribution in [3.63, 3.8) is 0 Å². The third-order valence-corrected chi connectivity index (χ3v) is 5.16. The first kappa shape index (κ1) is 16.2. The van der Waals surface area contributed by atoms with E-state index < -0.39 is 21.4 Å². The average Bonchev–Trinajstić information content (AvgIpc) is 2.38. The number of amides is 1. The molecule has 0 aromatic heterocycles. The number of carbonyl (C=O) groups is 1. The summed E-state index contributed by atoms with van der Waals surface area (Å²) in [6.07, 6.45) is 0.343. The number of hydrogen-bond acceptors (Lipinski definition) is 3. The molecule has 120 valence electrons. The van der Waals surface area contributed by atoms with Gasteiger partial charge in [0.1, 0.15) is 12.7 Å². The van der Waals surface area contributed by atoms with E-state index in [0.717, 1.165) is 5.56 Å². The number of aliphatic hydroxyl groups is 1. The largest absolute Gasteiger partial charge is 0.445 e. The van der Waals surface area contributed by atoms with Gasteiger partial charge in [-0.05, 0) is 24.8 Å². The molecule has 1 aromatic carbocycles. The maximum absolute atomic E-state index is 11.8. The molecule has 0 spiro atoms. The number of ether oxygens (including phenoxy) is 1. The first-order chi connectivity index (χ1) is 10.2. The van der Waals surface area contributed by atoms with Crippen molar-refractivity contribution in [3.8, 4) is 0 Å². The van der Waals surface area contributed by atoms with E-state index in [1.807, 2.05) is 30.3 Å². The molecule has 0 radical (unpaired) electrons. The molecule has 1 aromatic rings. The minimum atomic E-state index is -1.69. The summed E-state index contributed by atoms with van der Waals surface area (Å²) >= 11 is 17.2. The number of alkyl carbamates (subject to hydrolysis) is 1. The number of benzene rings is 1. The fourth-order valence-electron chi connectivity index (χ4n) is 3.61. The Morgan fingerprint density at radius 3 is 2.41 bits per heavy atom. The van der Waals surface area contributed by atoms with Crippen molar-refractivity contribution in [1.82, 2.24) is 5.32 Å². The number of hydrogen-bond donors (Lipinski definition) is 2. The molecule has 2 bridgehead atoms. The molecular weight excluding hydrogens is 349 g/mol. The SMILES string of the molecule is O=C(NC12CC(C(O)C(Cl)(Cl)Cl)(C1)C2)OCc1ccccc1. The molecule has 3 fully saturated rings. The zero-order chi connectivity index (χ0) is 16.0. The van der Waals surface area contributed by atoms with E-state index in [1.165, 1.54) is 0 Å². The van der Waals surface area contributed by atoms with Crippen molar-refractivity contribution < 1.29 is 14.6 Å². The lowest BCUT2D eigenvalue weighted by molar-refractivity contribution is -0.210. The van der Waals surface area contributed by atoms with Crippen LogP contribution in [0.15, 0.2) is 30.3 Å². The number of alkyl halides is 3. The summed E-state index contributed by atoms with van der Waals surface area (Å²) in [5, 5.41) is 12.9. The number of halogens is 3. The van der Waals surface area contributed by atoms with E-state index in [1.54, 1.807) is 0 Å². The number of carbonyl (C=O) groups excluding carboxylic acids is 1. The number of rotatable bonds is 4. The molecule has 3 aliphatic carbocycles. The van der Waals surface area contributed by atoms with Crippen LogP contribution < -0.4 is 5.32 Å². The van der Waals surface area contributed by atoms with Crippen LogP contribution in [0.25, 0.3) is 0 Å². The molecule has 3 saturated carbocycles. The Bertz CT molecular complexity index is 553. The Morgan fingerprint density at radius 2 is 1.86 bits per heavy atom. The van der Waals surface area contributed by atoms with Crippen LogP contribution >= 0.6 is 34.8 Å². The highest BCUT2D eigenvalue weighted by Gasteiger charge is 2.73. The Balaban J connectivity index is 1.46. The second kappa shape index (κ2) is 5.45. The van der Waals surface area contributed by atoms with Crippen molar-refractivity contribution in [2.45, 2.75) is 41.3 Å². The predicted molar refractivity (Wildman–Crippen MR) is 85.1 cm³/mol. The standard InChI is InChI=1S/C15H16Cl3NO3/c16-15(17,18)11(20)13-7-14(8-13,9-13)19-12(21)22-6-10-4-2-1-3-5-10/h1-5,11,20H,6-9H2,(H,19,21). The molecule has 1 unspecified atom stereocenters. The second-order valence-electron chi connectivity index (χ2n) is 6.30. The van der Waals surface area contributed by atoms with Gasteiger partial charge in [0.15, 0.2) is 0 Å². The number of aliphatic hydroxyl groups excluding tert-OH is 1. The lowest BCUT2D eigenvalue weighted by Gasteiger charge is -2.72. The summed E-state index contributed by atoms with van der Waals surface area (Å²) in [6, 6.07) is 9.46. The van der Waals surface area contributed by atoms with Crippen LogP contribution in [0.4, 0.5) is 4.79 Å². The van der Waals surface area contributed by atoms with E-state index in [4.69, 9.17) is 39.5 Å². The van der Waals surface area contributed by atoms with Gasteiger partial charge in [0.2, 0.25) is 3.79 Å². The summed E-state index contributed by atoms with van der Waals surface area (Å²) in [6.45, 7) is 0.227. The molecule has 4 nitrogen and oxygen atoms in total. The molecule has 2 N–H and O–H groups in total. The van der Waals surface area contributed by atoms with Gasteiger partial charge in [0, 0.05) is 11.0 Å². The molecular formula is C15H16Cl3NO3. The average molecular weight is 365 g/mol. The van der Waals surface area contributed by atoms with Gasteiger partial charge in [0.05, 0.1) is 0 Å². The van der Waals surface area contributed by atoms with Gasteiger partial charge >= 0.3 is 6.09 Å². The Kier molecular flexibility index (Phi) is 4.01. The maximum atomic E-state index is 11.8. The van der Waals surface area contributed by atoms with Crippen LogP contribution in [-0.2, 0) is 11.3 Å². The Labute approximate surface area is 143 Å². The monoisotopic (exact) mass is 363 g/mol. The minimum Gasteiger partial charge on any atom is -0.445 e. The van der Waals surface area contributed by atoms with Crippen molar-refractivity contribution >= 4 is 40.9 Å². The van der Waals surface area contributed by atoms with Gasteiger partial charge in [-0.15, -0.1) is 0 Å². The van der Waals surface area contributed by atoms with Gasteiger partial charge in [-0.25, -0.2) is 4.79 Å². The topological polar surface area (TPSA) is 58.6 Å². The molecule has 0 heterocycles. The molecule has 22 heavy (non-hydrogen) atoms. The fraction of sp³-hybridized carbons (Fsp3) is 0.533. The highest BCUT2D eigenvalue weighted by Crippen LogP contribution is 2.71. The zero-order valence-electron chi connectivity index (χ0n) is 11.7. The highest BCUT2D eigenvalue weighted by molar-refractivity contribution is 6.68. The van der Waals surface area contributed by atoms with Crippen LogP contribution in [0.1, 0.15) is 24.8 Å². The smallest absolute Gasteiger partial charge is 0.407 e. The number of nitrogens with one attached hydrogen (secondary N) is 1. The van der Waals surface area contributed by atoms with Gasteiger partial charge in [0.25, 0.3) is 0 Å². The van der Waals surface area contributed by atoms with Crippen LogP contribution in [0.2, 0.25) is 0 Å². The molecule has 0 saturated heterocycles. The zero-order valence-corrected chi connectivity index (χ0v) is 14.0. The predicted octanol–water partition coefficient (Wildman–Crippen LogP) is 3.57. The molecule has 1 atom stereocenters. The van der Waals surface area contributed by atoms with Crippen molar-refractivity contribution in [2.24, 2.45) is 5.41 Å². The minimum absolute atomic E-state index is 0.227. The summed E-state index contributed by atoms with van der Waals surface area (Å²) in [4.78, 5) is 11.8. The van der Waals surface area contributed by atoms with Crippen LogP contribution in [0.5, 0.6) is 0 Å². The van der Waals surface area contributed by atoms with E-state index >= 15 is 0 Å². The highest BCUT2D eigenvalue weighted by atomic mass is 35.6. The molecule has 1 amide bonds. The maximum Gasteiger partial charge on any atom is 0.407 e. The van der Waals surface area contributed by atoms with Crippen LogP contribution in [-0.4, -0.2) is 26.6 Å². The lowest BCUT2D eigenvalue weighted by Crippen LogP contribution is -2.79. The van der Waals surface area contributed by atoms with Crippen LogP contribution in [0, 0.1) is 5.41 Å². The molecule has 0 aliphatic heterocycles. The quantitative estimate of drug-likeness (QED) is 0.803. The van der Waals surface area contributed by atoms with E-state index in [-0.39, 0.29) is 12.1 Å². The van der Waals surface area contributed by atoms with E-state index in [0.29, 0.717) is 19.3 Å². The molecule has 7 heteroatoms. The van der Waals surface area contributed by atoms with Gasteiger partial charge in [-0.2, -0.15) is 0 Å². The fourth-order valence-corrected chi connectivity index (χ4v) is 4.31. The van der Waals surface area contributed by atoms with Gasteiger partial charge < -0.3 is 15.2 Å². The van der Waals surface area contributed by atoms with Crippen molar-refractivity contribution in [2.75, 3.05) is 0 Å². The van der Waals surface area contributed by atoms with Gasteiger partial charge in [-0.1, -0.05) is 65.1 Å². The molecule has 4 rings (SSSR count). The lowest BCUT2D eigenvalue weighted by atomic mass is 9.37. The summed E-state index contributed by atoms with van der Waals surface area (Å²) < 4.78 is 3.50. The third kappa shape index (κ3) is 2.90. The molecule has 3 aliphatic rings. The van der Waals surface area contributed by atoms with Crippen LogP contribution in [0.3, 0.4) is 0 Å². The van der Waals surface area contributed by atoms with E-state index in [2.05, 4.69) is 5.32 Å². The third-order valence-electron chi connectivity index (χ3n) is 4.54. The van der Waals surface area contributed by atoms with E-state index in [9.17, 15) is 9.90 Å². The second-order valence-corrected chi connectivity index (χ2v) is 8.67. The van der Waals surface area contributed by atoms with Gasteiger partial charge in [-0.3, -0.25) is 0 Å². The Hall–Kier alpha value is -0.680. The first-order valence-electron chi connectivity index (χ1n) is 6.98. The summed E-state index contributed by atoms with van der Waals surface area (Å²) in [7, 11) is 0. The van der Waals surface area contributed by atoms with Crippen molar-refractivity contribution in [3.05, 3.63) is 35.9 Å². The van der Waals surface area contributed by atoms with Crippen molar-refractivity contribution in [1.29, 1.82) is 0 Å². The summed E-state index contributed by atoms with van der Waals surface area (Å²) in [5.74, 6) is 0.